The Balaban J connectivity index is 1.98. The van der Waals surface area contributed by atoms with Crippen LogP contribution in [0.1, 0.15) is 31.2 Å². The van der Waals surface area contributed by atoms with Crippen molar-refractivity contribution in [1.82, 2.24) is 19.7 Å². The van der Waals surface area contributed by atoms with Gasteiger partial charge in [0.15, 0.2) is 5.82 Å². The molecule has 1 atom stereocenters. The molecule has 1 aliphatic heterocycles. The van der Waals surface area contributed by atoms with Crippen molar-refractivity contribution in [2.75, 3.05) is 11.9 Å². The lowest BCUT2D eigenvalue weighted by atomic mass is 9.97. The summed E-state index contributed by atoms with van der Waals surface area (Å²) in [7, 11) is 0. The summed E-state index contributed by atoms with van der Waals surface area (Å²) in [5, 5.41) is 7.51. The minimum absolute atomic E-state index is 0.597. The minimum Gasteiger partial charge on any atom is -0.383 e. The van der Waals surface area contributed by atoms with Gasteiger partial charge in [-0.3, -0.25) is 0 Å². The molecule has 1 aliphatic rings. The van der Waals surface area contributed by atoms with Gasteiger partial charge in [0.05, 0.1) is 11.9 Å². The predicted octanol–water partition coefficient (Wildman–Crippen LogP) is 1.97. The first-order chi connectivity index (χ1) is 8.38. The molecule has 2 aromatic rings. The first kappa shape index (κ1) is 10.3. The number of anilines is 1. The molecule has 3 heterocycles. The largest absolute Gasteiger partial charge is 0.383 e. The summed E-state index contributed by atoms with van der Waals surface area (Å²) in [6, 6.07) is 2.12. The lowest BCUT2D eigenvalue weighted by Gasteiger charge is -2.09. The third-order valence-electron chi connectivity index (χ3n) is 3.19. The average molecular weight is 229 g/mol. The van der Waals surface area contributed by atoms with Gasteiger partial charge in [-0.2, -0.15) is 5.10 Å². The Morgan fingerprint density at radius 2 is 2.47 bits per heavy atom. The fourth-order valence-corrected chi connectivity index (χ4v) is 2.35. The van der Waals surface area contributed by atoms with Crippen LogP contribution in [-0.2, 0) is 0 Å². The van der Waals surface area contributed by atoms with Crippen LogP contribution in [0.4, 0.5) is 5.69 Å². The summed E-state index contributed by atoms with van der Waals surface area (Å²) in [5.74, 6) is 1.44. The maximum Gasteiger partial charge on any atom is 0.155 e. The first-order valence-corrected chi connectivity index (χ1v) is 5.97. The molecule has 0 fully saturated rings. The molecule has 0 aromatic carbocycles. The van der Waals surface area contributed by atoms with Crippen LogP contribution in [0.5, 0.6) is 0 Å². The maximum atomic E-state index is 4.39. The Morgan fingerprint density at radius 3 is 3.24 bits per heavy atom. The zero-order valence-electron chi connectivity index (χ0n) is 9.80. The number of hydrogen-bond acceptors (Lipinski definition) is 4. The second-order valence-electron chi connectivity index (χ2n) is 4.34. The van der Waals surface area contributed by atoms with E-state index < -0.39 is 0 Å². The zero-order chi connectivity index (χ0) is 11.7. The number of hydrogen-bond donors (Lipinski definition) is 1. The molecule has 0 bridgehead atoms. The van der Waals surface area contributed by atoms with E-state index in [4.69, 9.17) is 0 Å². The normalized spacial score (nSPS) is 17.8. The van der Waals surface area contributed by atoms with Gasteiger partial charge in [0.25, 0.3) is 0 Å². The molecule has 0 aliphatic carbocycles. The van der Waals surface area contributed by atoms with Crippen molar-refractivity contribution in [3.8, 4) is 5.82 Å². The molecule has 0 saturated heterocycles. The van der Waals surface area contributed by atoms with E-state index in [9.17, 15) is 0 Å². The van der Waals surface area contributed by atoms with E-state index in [1.54, 1.807) is 11.0 Å². The Labute approximate surface area is 99.9 Å². The third kappa shape index (κ3) is 1.77. The molecule has 0 saturated carbocycles. The summed E-state index contributed by atoms with van der Waals surface area (Å²) in [5.41, 5.74) is 2.51. The van der Waals surface area contributed by atoms with Crippen molar-refractivity contribution in [2.45, 2.75) is 25.7 Å². The quantitative estimate of drug-likeness (QED) is 0.874. The second kappa shape index (κ2) is 4.16. The van der Waals surface area contributed by atoms with Gasteiger partial charge < -0.3 is 5.32 Å². The highest BCUT2D eigenvalue weighted by Crippen LogP contribution is 2.34. The van der Waals surface area contributed by atoms with E-state index in [0.29, 0.717) is 5.92 Å². The molecule has 5 nitrogen and oxygen atoms in total. The number of pyridine rings is 1. The van der Waals surface area contributed by atoms with Crippen LogP contribution in [0, 0.1) is 0 Å². The first-order valence-electron chi connectivity index (χ1n) is 5.97. The van der Waals surface area contributed by atoms with E-state index in [2.05, 4.69) is 33.4 Å². The lowest BCUT2D eigenvalue weighted by Crippen LogP contribution is -2.02. The van der Waals surface area contributed by atoms with Gasteiger partial charge >= 0.3 is 0 Å². The van der Waals surface area contributed by atoms with E-state index in [1.165, 1.54) is 24.7 Å². The van der Waals surface area contributed by atoms with Crippen molar-refractivity contribution in [1.29, 1.82) is 0 Å². The summed E-state index contributed by atoms with van der Waals surface area (Å²) in [6.45, 7) is 3.24. The van der Waals surface area contributed by atoms with Crippen LogP contribution in [0.15, 0.2) is 24.9 Å². The van der Waals surface area contributed by atoms with Crippen LogP contribution in [0.3, 0.4) is 0 Å². The molecule has 1 N–H and O–H groups in total. The molecule has 5 heteroatoms. The maximum absolute atomic E-state index is 4.39. The van der Waals surface area contributed by atoms with Gasteiger partial charge in [-0.15, -0.1) is 0 Å². The summed E-state index contributed by atoms with van der Waals surface area (Å²) < 4.78 is 1.70. The Morgan fingerprint density at radius 1 is 1.53 bits per heavy atom. The number of fused-ring (bicyclic) bond motifs is 1. The van der Waals surface area contributed by atoms with Crippen LogP contribution in [-0.4, -0.2) is 26.3 Å². The van der Waals surface area contributed by atoms with Crippen LogP contribution < -0.4 is 5.32 Å². The summed E-state index contributed by atoms with van der Waals surface area (Å²) >= 11 is 0. The van der Waals surface area contributed by atoms with Gasteiger partial charge in [-0.25, -0.2) is 14.6 Å². The number of rotatable bonds is 3. The molecule has 0 spiro atoms. The number of aromatic nitrogens is 4. The summed E-state index contributed by atoms with van der Waals surface area (Å²) in [6.07, 6.45) is 7.50. The van der Waals surface area contributed by atoms with Crippen molar-refractivity contribution < 1.29 is 0 Å². The zero-order valence-corrected chi connectivity index (χ0v) is 9.80. The molecule has 17 heavy (non-hydrogen) atoms. The van der Waals surface area contributed by atoms with E-state index in [-0.39, 0.29) is 0 Å². The highest BCUT2D eigenvalue weighted by molar-refractivity contribution is 5.58. The monoisotopic (exact) mass is 229 g/mol. The molecule has 88 valence electrons. The van der Waals surface area contributed by atoms with E-state index >= 15 is 0 Å². The van der Waals surface area contributed by atoms with Crippen LogP contribution in [0.2, 0.25) is 0 Å². The summed E-state index contributed by atoms with van der Waals surface area (Å²) in [4.78, 5) is 8.33. The number of nitrogens with zero attached hydrogens (tertiary/aromatic N) is 4. The van der Waals surface area contributed by atoms with Gasteiger partial charge in [-0.05, 0) is 18.1 Å². The fourth-order valence-electron chi connectivity index (χ4n) is 2.35. The van der Waals surface area contributed by atoms with Gasteiger partial charge in [0.2, 0.25) is 0 Å². The smallest absolute Gasteiger partial charge is 0.155 e. The molecule has 1 unspecified atom stereocenters. The van der Waals surface area contributed by atoms with Crippen LogP contribution >= 0.6 is 0 Å². The van der Waals surface area contributed by atoms with Gasteiger partial charge in [0, 0.05) is 12.5 Å². The second-order valence-corrected chi connectivity index (χ2v) is 4.34. The van der Waals surface area contributed by atoms with Crippen molar-refractivity contribution >= 4 is 5.69 Å². The highest BCUT2D eigenvalue weighted by Gasteiger charge is 2.22. The average Bonchev–Trinajstić information content (AvgIpc) is 2.98. The third-order valence-corrected chi connectivity index (χ3v) is 3.19. The number of nitrogens with one attached hydrogen (secondary N) is 1. The highest BCUT2D eigenvalue weighted by atomic mass is 15.3. The standard InChI is InChI=1S/C12H15N5/c1-2-3-9-5-14-11-6-15-12(4-10(9)11)17-8-13-7-16-17/h4,6-9,14H,2-3,5H2,1H3. The van der Waals surface area contributed by atoms with Crippen LogP contribution in [0.25, 0.3) is 5.82 Å². The Bertz CT molecular complexity index is 504. The molecule has 0 amide bonds. The predicted molar refractivity (Wildman–Crippen MR) is 65.3 cm³/mol. The van der Waals surface area contributed by atoms with Gasteiger partial charge in [-0.1, -0.05) is 13.3 Å². The molecule has 2 aromatic heterocycles. The molecule has 3 rings (SSSR count). The van der Waals surface area contributed by atoms with E-state index in [0.717, 1.165) is 18.1 Å². The SMILES string of the molecule is CCCC1CNc2cnc(-n3cncn3)cc21. The van der Waals surface area contributed by atoms with Crippen molar-refractivity contribution in [3.05, 3.63) is 30.5 Å². The fraction of sp³-hybridized carbons (Fsp3) is 0.417. The Hall–Kier alpha value is -1.91. The van der Waals surface area contributed by atoms with Gasteiger partial charge in [0.1, 0.15) is 12.7 Å². The molecular formula is C12H15N5. The topological polar surface area (TPSA) is 55.6 Å². The molecule has 0 radical (unpaired) electrons. The Kier molecular flexibility index (Phi) is 2.51. The lowest BCUT2D eigenvalue weighted by molar-refractivity contribution is 0.660. The van der Waals surface area contributed by atoms with E-state index in [1.807, 2.05) is 6.20 Å². The minimum atomic E-state index is 0.597. The van der Waals surface area contributed by atoms with Crippen molar-refractivity contribution in [2.24, 2.45) is 0 Å². The molecular weight excluding hydrogens is 214 g/mol. The van der Waals surface area contributed by atoms with Crippen molar-refractivity contribution in [3.63, 3.8) is 0 Å².